The fourth-order valence-corrected chi connectivity index (χ4v) is 2.51. The van der Waals surface area contributed by atoms with Crippen LogP contribution in [0.1, 0.15) is 11.6 Å². The number of H-pyrrole nitrogens is 1. The van der Waals surface area contributed by atoms with Gasteiger partial charge in [-0.25, -0.2) is 9.97 Å². The average Bonchev–Trinajstić information content (AvgIpc) is 2.95. The Bertz CT molecular complexity index is 635. The first-order valence-electron chi connectivity index (χ1n) is 7.57. The molecule has 2 aromatic heterocycles. The number of aromatic nitrogens is 5. The van der Waals surface area contributed by atoms with Crippen LogP contribution in [0.25, 0.3) is 0 Å². The number of hydrogen-bond donors (Lipinski definition) is 2. The van der Waals surface area contributed by atoms with E-state index >= 15 is 0 Å². The first-order valence-corrected chi connectivity index (χ1v) is 7.57. The number of aryl methyl sites for hydroxylation is 1. The zero-order chi connectivity index (χ0) is 16.1. The molecular formula is C14H20N8O. The van der Waals surface area contributed by atoms with Gasteiger partial charge in [0.2, 0.25) is 5.91 Å². The molecule has 9 nitrogen and oxygen atoms in total. The molecule has 122 valence electrons. The zero-order valence-corrected chi connectivity index (χ0v) is 13.1. The lowest BCUT2D eigenvalue weighted by Gasteiger charge is -2.33. The van der Waals surface area contributed by atoms with E-state index in [1.165, 1.54) is 6.20 Å². The lowest BCUT2D eigenvalue weighted by molar-refractivity contribution is -0.117. The quantitative estimate of drug-likeness (QED) is 0.778. The number of rotatable bonds is 5. The Labute approximate surface area is 134 Å². The van der Waals surface area contributed by atoms with Gasteiger partial charge in [-0.3, -0.25) is 24.7 Å². The second kappa shape index (κ2) is 7.25. The molecule has 1 aliphatic heterocycles. The summed E-state index contributed by atoms with van der Waals surface area (Å²) >= 11 is 0. The van der Waals surface area contributed by atoms with Crippen LogP contribution in [0.4, 0.5) is 5.82 Å². The molecule has 0 bridgehead atoms. The molecule has 2 aromatic rings. The van der Waals surface area contributed by atoms with Crippen molar-refractivity contribution in [1.29, 1.82) is 0 Å². The third kappa shape index (κ3) is 4.54. The minimum absolute atomic E-state index is 0.0662. The Kier molecular flexibility index (Phi) is 4.89. The summed E-state index contributed by atoms with van der Waals surface area (Å²) in [5.74, 6) is 2.07. The summed E-state index contributed by atoms with van der Waals surface area (Å²) < 4.78 is 0. The van der Waals surface area contributed by atoms with Crippen LogP contribution in [0.3, 0.4) is 0 Å². The summed E-state index contributed by atoms with van der Waals surface area (Å²) in [4.78, 5) is 28.7. The van der Waals surface area contributed by atoms with E-state index in [-0.39, 0.29) is 5.91 Å². The molecule has 3 rings (SSSR count). The standard InChI is InChI=1S/C14H20N8O/c1-11-17-13(20-19-11)9-21-4-6-22(7-5-21)10-14(23)18-12-8-15-2-3-16-12/h2-3,8H,4-7,9-10H2,1H3,(H,16,18,23)(H,17,19,20). The van der Waals surface area contributed by atoms with Crippen molar-refractivity contribution in [3.63, 3.8) is 0 Å². The van der Waals surface area contributed by atoms with Crippen LogP contribution >= 0.6 is 0 Å². The number of nitrogens with one attached hydrogen (secondary N) is 2. The summed E-state index contributed by atoms with van der Waals surface area (Å²) in [7, 11) is 0. The van der Waals surface area contributed by atoms with Gasteiger partial charge in [-0.1, -0.05) is 0 Å². The van der Waals surface area contributed by atoms with Crippen LogP contribution in [0.5, 0.6) is 0 Å². The molecule has 0 radical (unpaired) electrons. The lowest BCUT2D eigenvalue weighted by Crippen LogP contribution is -2.48. The van der Waals surface area contributed by atoms with Crippen molar-refractivity contribution in [2.24, 2.45) is 0 Å². The van der Waals surface area contributed by atoms with Crippen molar-refractivity contribution in [2.75, 3.05) is 38.0 Å². The van der Waals surface area contributed by atoms with Gasteiger partial charge in [0.25, 0.3) is 0 Å². The van der Waals surface area contributed by atoms with E-state index in [1.54, 1.807) is 12.4 Å². The molecule has 1 aliphatic rings. The molecular weight excluding hydrogens is 296 g/mol. The maximum Gasteiger partial charge on any atom is 0.239 e. The monoisotopic (exact) mass is 316 g/mol. The van der Waals surface area contributed by atoms with Crippen molar-refractivity contribution in [2.45, 2.75) is 13.5 Å². The normalized spacial score (nSPS) is 16.4. The molecule has 1 fully saturated rings. The summed E-state index contributed by atoms with van der Waals surface area (Å²) in [5, 5.41) is 9.76. The highest BCUT2D eigenvalue weighted by molar-refractivity contribution is 5.91. The van der Waals surface area contributed by atoms with Crippen LogP contribution in [-0.4, -0.2) is 73.6 Å². The predicted octanol–water partition coefficient (Wildman–Crippen LogP) is -0.341. The van der Waals surface area contributed by atoms with Gasteiger partial charge in [-0.15, -0.1) is 0 Å². The third-order valence-corrected chi connectivity index (χ3v) is 3.67. The van der Waals surface area contributed by atoms with Crippen molar-refractivity contribution < 1.29 is 4.79 Å². The van der Waals surface area contributed by atoms with Gasteiger partial charge in [0, 0.05) is 38.6 Å². The highest BCUT2D eigenvalue weighted by atomic mass is 16.2. The van der Waals surface area contributed by atoms with Gasteiger partial charge in [0.1, 0.15) is 5.82 Å². The highest BCUT2D eigenvalue weighted by Gasteiger charge is 2.20. The number of carbonyl (C=O) groups is 1. The minimum Gasteiger partial charge on any atom is -0.308 e. The Hall–Kier alpha value is -2.39. The van der Waals surface area contributed by atoms with Crippen molar-refractivity contribution in [1.82, 2.24) is 34.9 Å². The van der Waals surface area contributed by atoms with E-state index in [9.17, 15) is 4.79 Å². The largest absolute Gasteiger partial charge is 0.308 e. The second-order valence-electron chi connectivity index (χ2n) is 5.53. The Morgan fingerprint density at radius 3 is 2.70 bits per heavy atom. The molecule has 1 saturated heterocycles. The fourth-order valence-electron chi connectivity index (χ4n) is 2.51. The van der Waals surface area contributed by atoms with Crippen LogP contribution in [0, 0.1) is 6.92 Å². The van der Waals surface area contributed by atoms with Crippen LogP contribution in [-0.2, 0) is 11.3 Å². The third-order valence-electron chi connectivity index (χ3n) is 3.67. The first kappa shape index (κ1) is 15.5. The molecule has 0 spiro atoms. The maximum absolute atomic E-state index is 12.0. The van der Waals surface area contributed by atoms with E-state index in [0.29, 0.717) is 12.4 Å². The average molecular weight is 316 g/mol. The first-order chi connectivity index (χ1) is 11.2. The van der Waals surface area contributed by atoms with Crippen LogP contribution in [0.15, 0.2) is 18.6 Å². The molecule has 0 aromatic carbocycles. The predicted molar refractivity (Wildman–Crippen MR) is 83.5 cm³/mol. The zero-order valence-electron chi connectivity index (χ0n) is 13.1. The summed E-state index contributed by atoms with van der Waals surface area (Å²) in [6.45, 7) is 6.48. The summed E-state index contributed by atoms with van der Waals surface area (Å²) in [5.41, 5.74) is 0. The van der Waals surface area contributed by atoms with Crippen LogP contribution < -0.4 is 5.32 Å². The molecule has 0 saturated carbocycles. The van der Waals surface area contributed by atoms with Gasteiger partial charge >= 0.3 is 0 Å². The molecule has 9 heteroatoms. The van der Waals surface area contributed by atoms with Gasteiger partial charge < -0.3 is 5.32 Å². The van der Waals surface area contributed by atoms with E-state index in [2.05, 4.69) is 40.3 Å². The SMILES string of the molecule is Cc1nc(CN2CCN(CC(=O)Nc3cnccn3)CC2)n[nH]1. The van der Waals surface area contributed by atoms with Gasteiger partial charge in [-0.05, 0) is 6.92 Å². The number of hydrogen-bond acceptors (Lipinski definition) is 7. The number of amides is 1. The van der Waals surface area contributed by atoms with Crippen molar-refractivity contribution in [3.05, 3.63) is 30.2 Å². The fraction of sp³-hybridized carbons (Fsp3) is 0.500. The van der Waals surface area contributed by atoms with Gasteiger partial charge in [-0.2, -0.15) is 5.10 Å². The van der Waals surface area contributed by atoms with Crippen LogP contribution in [0.2, 0.25) is 0 Å². The number of nitrogens with zero attached hydrogens (tertiary/aromatic N) is 6. The number of carbonyl (C=O) groups excluding carboxylic acids is 1. The van der Waals surface area contributed by atoms with E-state index in [4.69, 9.17) is 0 Å². The Balaban J connectivity index is 1.41. The number of piperazine rings is 1. The van der Waals surface area contributed by atoms with Crippen molar-refractivity contribution >= 4 is 11.7 Å². The second-order valence-corrected chi connectivity index (χ2v) is 5.53. The molecule has 0 unspecified atom stereocenters. The molecule has 23 heavy (non-hydrogen) atoms. The molecule has 3 heterocycles. The molecule has 2 N–H and O–H groups in total. The molecule has 1 amide bonds. The van der Waals surface area contributed by atoms with E-state index < -0.39 is 0 Å². The van der Waals surface area contributed by atoms with Gasteiger partial charge in [0.15, 0.2) is 11.6 Å². The summed E-state index contributed by atoms with van der Waals surface area (Å²) in [6.07, 6.45) is 4.67. The minimum atomic E-state index is -0.0662. The lowest BCUT2D eigenvalue weighted by atomic mass is 10.3. The number of anilines is 1. The Morgan fingerprint density at radius 1 is 1.26 bits per heavy atom. The summed E-state index contributed by atoms with van der Waals surface area (Å²) in [6, 6.07) is 0. The smallest absolute Gasteiger partial charge is 0.239 e. The van der Waals surface area contributed by atoms with Gasteiger partial charge in [0.05, 0.1) is 19.3 Å². The molecule has 0 atom stereocenters. The Morgan fingerprint density at radius 2 is 2.04 bits per heavy atom. The van der Waals surface area contributed by atoms with E-state index in [1.807, 2.05) is 6.92 Å². The maximum atomic E-state index is 12.0. The topological polar surface area (TPSA) is 103 Å². The van der Waals surface area contributed by atoms with E-state index in [0.717, 1.165) is 44.4 Å². The number of aromatic amines is 1. The van der Waals surface area contributed by atoms with Crippen molar-refractivity contribution in [3.8, 4) is 0 Å². The highest BCUT2D eigenvalue weighted by Crippen LogP contribution is 2.06. The molecule has 0 aliphatic carbocycles.